The summed E-state index contributed by atoms with van der Waals surface area (Å²) in [6, 6.07) is 12.1. The fraction of sp³-hybridized carbons (Fsp3) is 0.250. The van der Waals surface area contributed by atoms with Crippen molar-refractivity contribution in [3.63, 3.8) is 0 Å². The Hall–Kier alpha value is -1.90. The predicted molar refractivity (Wildman–Crippen MR) is 87.1 cm³/mol. The SMILES string of the molecule is N#CCCN(Cc1cccnc1)Cc1ccc(Br)cc1N. The molecule has 0 spiro atoms. The third-order valence-electron chi connectivity index (χ3n) is 3.17. The molecule has 5 heteroatoms. The van der Waals surface area contributed by atoms with Gasteiger partial charge in [0.15, 0.2) is 0 Å². The average molecular weight is 345 g/mol. The number of hydrogen-bond acceptors (Lipinski definition) is 4. The highest BCUT2D eigenvalue weighted by Gasteiger charge is 2.09. The van der Waals surface area contributed by atoms with Gasteiger partial charge in [0.1, 0.15) is 0 Å². The van der Waals surface area contributed by atoms with E-state index in [0.717, 1.165) is 34.4 Å². The molecule has 0 radical (unpaired) electrons. The lowest BCUT2D eigenvalue weighted by Crippen LogP contribution is -2.24. The molecule has 0 aliphatic heterocycles. The van der Waals surface area contributed by atoms with Gasteiger partial charge in [-0.05, 0) is 29.3 Å². The molecule has 0 unspecified atom stereocenters. The van der Waals surface area contributed by atoms with E-state index in [1.54, 1.807) is 6.20 Å². The number of halogens is 1. The van der Waals surface area contributed by atoms with E-state index in [4.69, 9.17) is 11.0 Å². The van der Waals surface area contributed by atoms with Crippen LogP contribution in [-0.2, 0) is 13.1 Å². The second-order valence-corrected chi connectivity index (χ2v) is 5.74. The van der Waals surface area contributed by atoms with Crippen molar-refractivity contribution >= 4 is 21.6 Å². The van der Waals surface area contributed by atoms with Crippen LogP contribution < -0.4 is 5.73 Å². The number of anilines is 1. The zero-order valence-electron chi connectivity index (χ0n) is 11.7. The summed E-state index contributed by atoms with van der Waals surface area (Å²) in [4.78, 5) is 6.34. The van der Waals surface area contributed by atoms with E-state index in [2.05, 4.69) is 31.9 Å². The Balaban J connectivity index is 2.10. The number of hydrogen-bond donors (Lipinski definition) is 1. The van der Waals surface area contributed by atoms with Crippen LogP contribution in [0.25, 0.3) is 0 Å². The maximum absolute atomic E-state index is 8.82. The number of nitrogens with two attached hydrogens (primary N) is 1. The summed E-state index contributed by atoms with van der Waals surface area (Å²) in [6.45, 7) is 2.18. The fourth-order valence-electron chi connectivity index (χ4n) is 2.12. The highest BCUT2D eigenvalue weighted by molar-refractivity contribution is 9.10. The molecule has 0 fully saturated rings. The van der Waals surface area contributed by atoms with Crippen LogP contribution in [0.4, 0.5) is 5.69 Å². The number of nitrogen functional groups attached to an aromatic ring is 1. The third kappa shape index (κ3) is 4.85. The molecular formula is C16H17BrN4. The molecule has 0 saturated carbocycles. The van der Waals surface area contributed by atoms with Crippen LogP contribution in [0.1, 0.15) is 17.5 Å². The van der Waals surface area contributed by atoms with Gasteiger partial charge in [0, 0.05) is 48.6 Å². The maximum Gasteiger partial charge on any atom is 0.0635 e. The molecule has 21 heavy (non-hydrogen) atoms. The minimum absolute atomic E-state index is 0.497. The van der Waals surface area contributed by atoms with E-state index in [1.165, 1.54) is 0 Å². The van der Waals surface area contributed by atoms with E-state index in [-0.39, 0.29) is 0 Å². The Morgan fingerprint density at radius 3 is 2.81 bits per heavy atom. The fourth-order valence-corrected chi connectivity index (χ4v) is 2.50. The lowest BCUT2D eigenvalue weighted by Gasteiger charge is -2.22. The van der Waals surface area contributed by atoms with Crippen molar-refractivity contribution in [2.75, 3.05) is 12.3 Å². The summed E-state index contributed by atoms with van der Waals surface area (Å²) in [7, 11) is 0. The van der Waals surface area contributed by atoms with Gasteiger partial charge in [0.2, 0.25) is 0 Å². The predicted octanol–water partition coefficient (Wildman–Crippen LogP) is 3.34. The second kappa shape index (κ2) is 7.77. The molecule has 1 aromatic heterocycles. The van der Waals surface area contributed by atoms with Crippen molar-refractivity contribution in [1.29, 1.82) is 5.26 Å². The molecule has 0 aliphatic rings. The third-order valence-corrected chi connectivity index (χ3v) is 3.66. The molecule has 0 saturated heterocycles. The first-order chi connectivity index (χ1) is 10.2. The number of pyridine rings is 1. The number of nitriles is 1. The summed E-state index contributed by atoms with van der Waals surface area (Å²) in [5, 5.41) is 8.82. The van der Waals surface area contributed by atoms with Crippen molar-refractivity contribution in [2.45, 2.75) is 19.5 Å². The summed E-state index contributed by atoms with van der Waals surface area (Å²) in [5.41, 5.74) is 9.02. The Kier molecular flexibility index (Phi) is 5.73. The molecule has 2 aromatic rings. The van der Waals surface area contributed by atoms with Gasteiger partial charge in [0.25, 0.3) is 0 Å². The van der Waals surface area contributed by atoms with E-state index in [9.17, 15) is 0 Å². The van der Waals surface area contributed by atoms with Crippen molar-refractivity contribution in [3.8, 4) is 6.07 Å². The van der Waals surface area contributed by atoms with Gasteiger partial charge >= 0.3 is 0 Å². The molecule has 2 N–H and O–H groups in total. The van der Waals surface area contributed by atoms with E-state index in [1.807, 2.05) is 36.5 Å². The number of benzene rings is 1. The molecule has 1 heterocycles. The summed E-state index contributed by atoms with van der Waals surface area (Å²) < 4.78 is 0.972. The molecule has 0 aliphatic carbocycles. The first-order valence-corrected chi connectivity index (χ1v) is 7.50. The molecule has 108 valence electrons. The van der Waals surface area contributed by atoms with Crippen LogP contribution in [0.2, 0.25) is 0 Å². The summed E-state index contributed by atoms with van der Waals surface area (Å²) in [5.74, 6) is 0. The Labute approximate surface area is 133 Å². The first-order valence-electron chi connectivity index (χ1n) is 6.71. The second-order valence-electron chi connectivity index (χ2n) is 4.82. The minimum atomic E-state index is 0.497. The first kappa shape index (κ1) is 15.5. The summed E-state index contributed by atoms with van der Waals surface area (Å²) >= 11 is 3.41. The van der Waals surface area contributed by atoms with Crippen molar-refractivity contribution in [2.24, 2.45) is 0 Å². The highest BCUT2D eigenvalue weighted by atomic mass is 79.9. The quantitative estimate of drug-likeness (QED) is 0.816. The van der Waals surface area contributed by atoms with Crippen LogP contribution in [-0.4, -0.2) is 16.4 Å². The number of aromatic nitrogens is 1. The van der Waals surface area contributed by atoms with Gasteiger partial charge in [-0.1, -0.05) is 28.1 Å². The Morgan fingerprint density at radius 2 is 2.14 bits per heavy atom. The van der Waals surface area contributed by atoms with Crippen molar-refractivity contribution in [3.05, 3.63) is 58.3 Å². The largest absolute Gasteiger partial charge is 0.398 e. The van der Waals surface area contributed by atoms with Crippen LogP contribution >= 0.6 is 15.9 Å². The van der Waals surface area contributed by atoms with Gasteiger partial charge < -0.3 is 5.73 Å². The van der Waals surface area contributed by atoms with Crippen LogP contribution in [0.5, 0.6) is 0 Å². The standard InChI is InChI=1S/C16H17BrN4/c17-15-5-4-14(16(19)9-15)12-21(8-2-6-18)11-13-3-1-7-20-10-13/h1,3-5,7,9-10H,2,8,11-12,19H2. The van der Waals surface area contributed by atoms with Crippen LogP contribution in [0, 0.1) is 11.3 Å². The van der Waals surface area contributed by atoms with E-state index in [0.29, 0.717) is 13.0 Å². The smallest absolute Gasteiger partial charge is 0.0635 e. The lowest BCUT2D eigenvalue weighted by atomic mass is 10.1. The lowest BCUT2D eigenvalue weighted by molar-refractivity contribution is 0.263. The van der Waals surface area contributed by atoms with E-state index < -0.39 is 0 Å². The Bertz CT molecular complexity index is 622. The normalized spacial score (nSPS) is 10.5. The van der Waals surface area contributed by atoms with E-state index >= 15 is 0 Å². The van der Waals surface area contributed by atoms with Gasteiger partial charge in [-0.2, -0.15) is 5.26 Å². The van der Waals surface area contributed by atoms with Crippen molar-refractivity contribution < 1.29 is 0 Å². The average Bonchev–Trinajstić information content (AvgIpc) is 2.48. The zero-order valence-corrected chi connectivity index (χ0v) is 13.3. The summed E-state index contributed by atoms with van der Waals surface area (Å²) in [6.07, 6.45) is 4.11. The molecule has 2 rings (SSSR count). The Morgan fingerprint density at radius 1 is 1.29 bits per heavy atom. The number of nitrogens with zero attached hydrogens (tertiary/aromatic N) is 3. The van der Waals surface area contributed by atoms with Gasteiger partial charge in [-0.3, -0.25) is 9.88 Å². The molecular weight excluding hydrogens is 328 g/mol. The molecule has 0 atom stereocenters. The molecule has 0 bridgehead atoms. The molecule has 1 aromatic carbocycles. The topological polar surface area (TPSA) is 65.9 Å². The highest BCUT2D eigenvalue weighted by Crippen LogP contribution is 2.20. The molecule has 0 amide bonds. The zero-order chi connectivity index (χ0) is 15.1. The van der Waals surface area contributed by atoms with Gasteiger partial charge in [-0.25, -0.2) is 0 Å². The number of rotatable bonds is 6. The molecule has 4 nitrogen and oxygen atoms in total. The van der Waals surface area contributed by atoms with Crippen LogP contribution in [0.3, 0.4) is 0 Å². The van der Waals surface area contributed by atoms with Crippen LogP contribution in [0.15, 0.2) is 47.2 Å². The maximum atomic E-state index is 8.82. The minimum Gasteiger partial charge on any atom is -0.398 e. The van der Waals surface area contributed by atoms with Crippen molar-refractivity contribution in [1.82, 2.24) is 9.88 Å². The van der Waals surface area contributed by atoms with Gasteiger partial charge in [-0.15, -0.1) is 0 Å². The van der Waals surface area contributed by atoms with Gasteiger partial charge in [0.05, 0.1) is 6.07 Å². The monoisotopic (exact) mass is 344 g/mol.